The summed E-state index contributed by atoms with van der Waals surface area (Å²) in [5.74, 6) is 0. The molecule has 0 radical (unpaired) electrons. The Labute approximate surface area is 122 Å². The van der Waals surface area contributed by atoms with Gasteiger partial charge in [0, 0.05) is 12.6 Å². The highest BCUT2D eigenvalue weighted by Gasteiger charge is 2.33. The smallest absolute Gasteiger partial charge is 0.144 e. The second-order valence-corrected chi connectivity index (χ2v) is 5.84. The van der Waals surface area contributed by atoms with Crippen LogP contribution in [0.3, 0.4) is 0 Å². The molecule has 1 N–H and O–H groups in total. The largest absolute Gasteiger partial charge is 0.300 e. The third kappa shape index (κ3) is 3.20. The van der Waals surface area contributed by atoms with Gasteiger partial charge in [-0.15, -0.1) is 0 Å². The maximum Gasteiger partial charge on any atom is 0.144 e. The Hall–Kier alpha value is -1.37. The molecule has 1 aromatic rings. The van der Waals surface area contributed by atoms with Crippen molar-refractivity contribution in [2.45, 2.75) is 43.7 Å². The topological polar surface area (TPSA) is 39.1 Å². The van der Waals surface area contributed by atoms with E-state index >= 15 is 0 Å². The number of likely N-dealkylation sites (N-methyl/N-ethyl adjacent to an activating group) is 2. The molecular weight excluding hydrogens is 246 g/mol. The van der Waals surface area contributed by atoms with Crippen LogP contribution in [0, 0.1) is 11.3 Å². The average Bonchev–Trinajstić information content (AvgIpc) is 2.54. The van der Waals surface area contributed by atoms with E-state index in [1.165, 1.54) is 32.1 Å². The van der Waals surface area contributed by atoms with Crippen LogP contribution in [-0.2, 0) is 5.54 Å². The van der Waals surface area contributed by atoms with Gasteiger partial charge in [-0.05, 0) is 32.5 Å². The molecule has 0 heterocycles. The second kappa shape index (κ2) is 6.88. The Bertz CT molecular complexity index is 445. The summed E-state index contributed by atoms with van der Waals surface area (Å²) in [7, 11) is 4.04. The Balaban J connectivity index is 2.15. The molecule has 0 aromatic heterocycles. The number of nitrogens with one attached hydrogen (secondary N) is 1. The summed E-state index contributed by atoms with van der Waals surface area (Å²) in [6.07, 6.45) is 6.52. The van der Waals surface area contributed by atoms with Crippen molar-refractivity contribution in [1.29, 1.82) is 5.26 Å². The highest BCUT2D eigenvalue weighted by molar-refractivity contribution is 5.32. The molecule has 0 bridgehead atoms. The van der Waals surface area contributed by atoms with Crippen LogP contribution >= 0.6 is 0 Å². The average molecular weight is 271 g/mol. The number of nitrogens with zero attached hydrogens (tertiary/aromatic N) is 2. The van der Waals surface area contributed by atoms with Gasteiger partial charge in [0.05, 0.1) is 6.07 Å². The van der Waals surface area contributed by atoms with Gasteiger partial charge in [-0.25, -0.2) is 0 Å². The zero-order valence-electron chi connectivity index (χ0n) is 12.6. The lowest BCUT2D eigenvalue weighted by Crippen LogP contribution is -2.50. The molecule has 0 spiro atoms. The molecule has 0 amide bonds. The van der Waals surface area contributed by atoms with Gasteiger partial charge in [-0.1, -0.05) is 49.6 Å². The Morgan fingerprint density at radius 2 is 1.90 bits per heavy atom. The molecule has 2 rings (SSSR count). The minimum atomic E-state index is -0.618. The number of nitriles is 1. The molecule has 1 unspecified atom stereocenters. The van der Waals surface area contributed by atoms with Crippen molar-refractivity contribution in [3.63, 3.8) is 0 Å². The van der Waals surface area contributed by atoms with E-state index in [0.29, 0.717) is 6.04 Å². The Kier molecular flexibility index (Phi) is 5.17. The van der Waals surface area contributed by atoms with E-state index < -0.39 is 5.54 Å². The summed E-state index contributed by atoms with van der Waals surface area (Å²) < 4.78 is 0. The number of rotatable bonds is 5. The quantitative estimate of drug-likeness (QED) is 0.895. The Morgan fingerprint density at radius 1 is 1.25 bits per heavy atom. The summed E-state index contributed by atoms with van der Waals surface area (Å²) in [6.45, 7) is 0.731. The van der Waals surface area contributed by atoms with Gasteiger partial charge in [0.25, 0.3) is 0 Å². The minimum Gasteiger partial charge on any atom is -0.300 e. The van der Waals surface area contributed by atoms with Gasteiger partial charge in [-0.2, -0.15) is 5.26 Å². The van der Waals surface area contributed by atoms with Crippen LogP contribution < -0.4 is 5.32 Å². The van der Waals surface area contributed by atoms with Crippen molar-refractivity contribution < 1.29 is 0 Å². The first kappa shape index (κ1) is 15.0. The molecule has 108 valence electrons. The van der Waals surface area contributed by atoms with Gasteiger partial charge in [0.2, 0.25) is 0 Å². The monoisotopic (exact) mass is 271 g/mol. The zero-order chi connectivity index (χ0) is 14.4. The van der Waals surface area contributed by atoms with Crippen molar-refractivity contribution in [2.75, 3.05) is 20.6 Å². The number of benzene rings is 1. The van der Waals surface area contributed by atoms with Crippen LogP contribution in [-0.4, -0.2) is 31.6 Å². The molecule has 1 fully saturated rings. The van der Waals surface area contributed by atoms with Crippen molar-refractivity contribution in [3.05, 3.63) is 35.9 Å². The van der Waals surface area contributed by atoms with E-state index in [2.05, 4.69) is 23.3 Å². The molecule has 1 aliphatic carbocycles. The van der Waals surface area contributed by atoms with Gasteiger partial charge in [0.1, 0.15) is 5.54 Å². The fourth-order valence-electron chi connectivity index (χ4n) is 3.22. The predicted molar refractivity (Wildman–Crippen MR) is 82.3 cm³/mol. The maximum absolute atomic E-state index is 9.74. The molecular formula is C17H25N3. The van der Waals surface area contributed by atoms with Crippen LogP contribution in [0.2, 0.25) is 0 Å². The SMILES string of the molecule is CNC(C#N)(CN(C)C1CCCCC1)c1ccccc1. The lowest BCUT2D eigenvalue weighted by atomic mass is 9.88. The van der Waals surface area contributed by atoms with E-state index in [1.807, 2.05) is 37.4 Å². The van der Waals surface area contributed by atoms with Crippen molar-refractivity contribution in [2.24, 2.45) is 0 Å². The van der Waals surface area contributed by atoms with Crippen molar-refractivity contribution >= 4 is 0 Å². The van der Waals surface area contributed by atoms with Gasteiger partial charge < -0.3 is 4.90 Å². The van der Waals surface area contributed by atoms with E-state index in [4.69, 9.17) is 0 Å². The minimum absolute atomic E-state index is 0.618. The summed E-state index contributed by atoms with van der Waals surface area (Å²) in [5, 5.41) is 13.0. The Morgan fingerprint density at radius 3 is 2.45 bits per heavy atom. The number of hydrogen-bond acceptors (Lipinski definition) is 3. The van der Waals surface area contributed by atoms with E-state index in [0.717, 1.165) is 12.1 Å². The summed E-state index contributed by atoms with van der Waals surface area (Å²) in [4.78, 5) is 2.37. The van der Waals surface area contributed by atoms with E-state index in [9.17, 15) is 5.26 Å². The fraction of sp³-hybridized carbons (Fsp3) is 0.588. The van der Waals surface area contributed by atoms with Crippen molar-refractivity contribution in [1.82, 2.24) is 10.2 Å². The van der Waals surface area contributed by atoms with Crippen LogP contribution in [0.15, 0.2) is 30.3 Å². The molecule has 1 atom stereocenters. The molecule has 1 aliphatic rings. The number of hydrogen-bond donors (Lipinski definition) is 1. The van der Waals surface area contributed by atoms with E-state index in [1.54, 1.807) is 0 Å². The predicted octanol–water partition coefficient (Wildman–Crippen LogP) is 2.89. The first-order valence-corrected chi connectivity index (χ1v) is 7.58. The van der Waals surface area contributed by atoms with Crippen LogP contribution in [0.1, 0.15) is 37.7 Å². The highest BCUT2D eigenvalue weighted by Crippen LogP contribution is 2.26. The van der Waals surface area contributed by atoms with Gasteiger partial charge >= 0.3 is 0 Å². The maximum atomic E-state index is 9.74. The van der Waals surface area contributed by atoms with Gasteiger partial charge in [0.15, 0.2) is 0 Å². The van der Waals surface area contributed by atoms with Gasteiger partial charge in [-0.3, -0.25) is 5.32 Å². The first-order valence-electron chi connectivity index (χ1n) is 7.58. The lowest BCUT2D eigenvalue weighted by Gasteiger charge is -2.37. The van der Waals surface area contributed by atoms with Crippen LogP contribution in [0.25, 0.3) is 0 Å². The zero-order valence-corrected chi connectivity index (χ0v) is 12.6. The lowest BCUT2D eigenvalue weighted by molar-refractivity contribution is 0.158. The molecule has 0 aliphatic heterocycles. The third-order valence-electron chi connectivity index (χ3n) is 4.57. The second-order valence-electron chi connectivity index (χ2n) is 5.84. The van der Waals surface area contributed by atoms with Crippen LogP contribution in [0.4, 0.5) is 0 Å². The molecule has 3 nitrogen and oxygen atoms in total. The molecule has 20 heavy (non-hydrogen) atoms. The summed E-state index contributed by atoms with van der Waals surface area (Å²) >= 11 is 0. The van der Waals surface area contributed by atoms with Crippen LogP contribution in [0.5, 0.6) is 0 Å². The summed E-state index contributed by atoms with van der Waals surface area (Å²) in [5.41, 5.74) is 0.431. The standard InChI is InChI=1S/C17H25N3/c1-19-17(13-18,15-9-5-3-6-10-15)14-20(2)16-11-7-4-8-12-16/h3,5-6,9-10,16,19H,4,7-8,11-12,14H2,1-2H3. The highest BCUT2D eigenvalue weighted by atomic mass is 15.2. The molecule has 1 aromatic carbocycles. The third-order valence-corrected chi connectivity index (χ3v) is 4.57. The first-order chi connectivity index (χ1) is 9.72. The summed E-state index contributed by atoms with van der Waals surface area (Å²) in [6, 6.07) is 13.2. The molecule has 1 saturated carbocycles. The normalized spacial score (nSPS) is 19.5. The van der Waals surface area contributed by atoms with E-state index in [-0.39, 0.29) is 0 Å². The fourth-order valence-corrected chi connectivity index (χ4v) is 3.22. The molecule has 3 heteroatoms. The molecule has 0 saturated heterocycles. The van der Waals surface area contributed by atoms with Crippen molar-refractivity contribution in [3.8, 4) is 6.07 Å².